The number of benzene rings is 3. The van der Waals surface area contributed by atoms with Crippen LogP contribution in [-0.4, -0.2) is 18.5 Å². The molecular formula is C25H22ClNO4. The van der Waals surface area contributed by atoms with Gasteiger partial charge in [-0.1, -0.05) is 54.1 Å². The Morgan fingerprint density at radius 3 is 2.45 bits per heavy atom. The lowest BCUT2D eigenvalue weighted by Crippen LogP contribution is -2.23. The van der Waals surface area contributed by atoms with Crippen LogP contribution in [0.5, 0.6) is 5.75 Å². The summed E-state index contributed by atoms with van der Waals surface area (Å²) in [7, 11) is 0. The van der Waals surface area contributed by atoms with Crippen molar-refractivity contribution in [1.82, 2.24) is 0 Å². The maximum atomic E-state index is 13.2. The number of rotatable bonds is 7. The van der Waals surface area contributed by atoms with E-state index in [2.05, 4.69) is 0 Å². The lowest BCUT2D eigenvalue weighted by molar-refractivity contribution is -0.142. The number of esters is 1. The van der Waals surface area contributed by atoms with Crippen LogP contribution in [0.1, 0.15) is 34.0 Å². The van der Waals surface area contributed by atoms with Gasteiger partial charge >= 0.3 is 5.97 Å². The molecule has 4 rings (SSSR count). The van der Waals surface area contributed by atoms with Gasteiger partial charge in [-0.25, -0.2) is 0 Å². The molecule has 0 N–H and O–H groups in total. The number of nitrogens with zero attached hydrogens (tertiary/aromatic N) is 1. The molecule has 3 aromatic rings. The van der Waals surface area contributed by atoms with Crippen molar-refractivity contribution in [3.8, 4) is 5.75 Å². The van der Waals surface area contributed by atoms with E-state index in [4.69, 9.17) is 21.1 Å². The summed E-state index contributed by atoms with van der Waals surface area (Å²) in [6.07, 6.45) is 0.200. The van der Waals surface area contributed by atoms with Crippen molar-refractivity contribution in [3.05, 3.63) is 94.0 Å². The van der Waals surface area contributed by atoms with Crippen LogP contribution in [0.2, 0.25) is 5.02 Å². The first-order valence-corrected chi connectivity index (χ1v) is 10.5. The van der Waals surface area contributed by atoms with Crippen molar-refractivity contribution < 1.29 is 19.1 Å². The molecule has 0 fully saturated rings. The van der Waals surface area contributed by atoms with Crippen molar-refractivity contribution in [2.45, 2.75) is 26.5 Å². The molecule has 5 nitrogen and oxygen atoms in total. The van der Waals surface area contributed by atoms with E-state index < -0.39 is 0 Å². The van der Waals surface area contributed by atoms with Crippen LogP contribution >= 0.6 is 11.6 Å². The fourth-order valence-corrected chi connectivity index (χ4v) is 3.81. The molecule has 0 saturated heterocycles. The molecular weight excluding hydrogens is 414 g/mol. The number of fused-ring (bicyclic) bond motifs is 1. The number of hydrogen-bond donors (Lipinski definition) is 0. The molecule has 0 spiro atoms. The van der Waals surface area contributed by atoms with Crippen molar-refractivity contribution in [1.29, 1.82) is 0 Å². The highest BCUT2D eigenvalue weighted by atomic mass is 35.5. The second-order valence-corrected chi connectivity index (χ2v) is 7.62. The van der Waals surface area contributed by atoms with Gasteiger partial charge in [0.2, 0.25) is 0 Å². The molecule has 0 bridgehead atoms. The molecule has 31 heavy (non-hydrogen) atoms. The molecule has 0 aliphatic carbocycles. The van der Waals surface area contributed by atoms with Gasteiger partial charge in [0.25, 0.3) is 5.91 Å². The second kappa shape index (κ2) is 9.23. The van der Waals surface area contributed by atoms with E-state index >= 15 is 0 Å². The van der Waals surface area contributed by atoms with Crippen LogP contribution < -0.4 is 9.64 Å². The molecule has 0 saturated carbocycles. The summed E-state index contributed by atoms with van der Waals surface area (Å²) >= 11 is 6.40. The van der Waals surface area contributed by atoms with Crippen LogP contribution in [0, 0.1) is 0 Å². The quantitative estimate of drug-likeness (QED) is 0.479. The number of carbonyl (C=O) groups is 2. The first kappa shape index (κ1) is 20.9. The van der Waals surface area contributed by atoms with E-state index in [0.29, 0.717) is 36.1 Å². The maximum absolute atomic E-state index is 13.2. The highest BCUT2D eigenvalue weighted by Gasteiger charge is 2.33. The zero-order valence-corrected chi connectivity index (χ0v) is 17.9. The van der Waals surface area contributed by atoms with E-state index in [1.54, 1.807) is 24.0 Å². The smallest absolute Gasteiger partial charge is 0.310 e. The Hall–Kier alpha value is -3.31. The third-order valence-electron chi connectivity index (χ3n) is 5.13. The average Bonchev–Trinajstić information content (AvgIpc) is 3.13. The largest absolute Gasteiger partial charge is 0.488 e. The molecule has 6 heteroatoms. The summed E-state index contributed by atoms with van der Waals surface area (Å²) in [5.74, 6) is 0.0975. The van der Waals surface area contributed by atoms with E-state index in [1.165, 1.54) is 0 Å². The standard InChI is InChI=1S/C25H22ClNO4/c1-2-30-23(28)14-17-8-10-19(11-9-17)27-15-20-21(26)12-13-22(24(20)25(27)29)31-16-18-6-4-3-5-7-18/h3-13H,2,14-16H2,1H3. The predicted molar refractivity (Wildman–Crippen MR) is 120 cm³/mol. The molecule has 1 amide bonds. The normalized spacial score (nSPS) is 12.6. The van der Waals surface area contributed by atoms with Crippen LogP contribution in [-0.2, 0) is 29.1 Å². The van der Waals surface area contributed by atoms with E-state index in [9.17, 15) is 9.59 Å². The van der Waals surface area contributed by atoms with Crippen molar-refractivity contribution >= 4 is 29.2 Å². The fourth-order valence-electron chi connectivity index (χ4n) is 3.59. The van der Waals surface area contributed by atoms with Gasteiger partial charge in [-0.2, -0.15) is 0 Å². The van der Waals surface area contributed by atoms with Gasteiger partial charge in [0, 0.05) is 16.3 Å². The van der Waals surface area contributed by atoms with Crippen LogP contribution in [0.4, 0.5) is 5.69 Å². The number of ether oxygens (including phenoxy) is 2. The fraction of sp³-hybridized carbons (Fsp3) is 0.200. The molecule has 1 aliphatic rings. The van der Waals surface area contributed by atoms with Gasteiger partial charge in [-0.15, -0.1) is 0 Å². The van der Waals surface area contributed by atoms with Crippen molar-refractivity contribution in [2.24, 2.45) is 0 Å². The Morgan fingerprint density at radius 2 is 1.74 bits per heavy atom. The lowest BCUT2D eigenvalue weighted by atomic mass is 10.1. The van der Waals surface area contributed by atoms with Crippen LogP contribution in [0.15, 0.2) is 66.7 Å². The predicted octanol–water partition coefficient (Wildman–Crippen LogP) is 5.19. The van der Waals surface area contributed by atoms with E-state index in [0.717, 1.165) is 22.4 Å². The topological polar surface area (TPSA) is 55.8 Å². The maximum Gasteiger partial charge on any atom is 0.310 e. The summed E-state index contributed by atoms with van der Waals surface area (Å²) in [5, 5.41) is 0.539. The number of halogens is 1. The lowest BCUT2D eigenvalue weighted by Gasteiger charge is -2.16. The highest BCUT2D eigenvalue weighted by Crippen LogP contribution is 2.38. The number of carbonyl (C=O) groups excluding carboxylic acids is 2. The number of hydrogen-bond acceptors (Lipinski definition) is 4. The molecule has 0 radical (unpaired) electrons. The van der Waals surface area contributed by atoms with Gasteiger partial charge in [0.05, 0.1) is 25.1 Å². The Bertz CT molecular complexity index is 1100. The van der Waals surface area contributed by atoms with Crippen molar-refractivity contribution in [3.63, 3.8) is 0 Å². The SMILES string of the molecule is CCOC(=O)Cc1ccc(N2Cc3c(Cl)ccc(OCc4ccccc4)c3C2=O)cc1. The summed E-state index contributed by atoms with van der Waals surface area (Å²) < 4.78 is 11.0. The molecule has 158 valence electrons. The zero-order valence-electron chi connectivity index (χ0n) is 17.1. The second-order valence-electron chi connectivity index (χ2n) is 7.21. The third kappa shape index (κ3) is 4.57. The Kier molecular flexibility index (Phi) is 6.23. The zero-order chi connectivity index (χ0) is 21.8. The third-order valence-corrected chi connectivity index (χ3v) is 5.49. The molecule has 1 aliphatic heterocycles. The Labute approximate surface area is 186 Å². The van der Waals surface area contributed by atoms with Gasteiger partial charge in [-0.3, -0.25) is 9.59 Å². The molecule has 0 aromatic heterocycles. The highest BCUT2D eigenvalue weighted by molar-refractivity contribution is 6.32. The minimum atomic E-state index is -0.271. The van der Waals surface area contributed by atoms with Gasteiger partial charge < -0.3 is 14.4 Å². The van der Waals surface area contributed by atoms with Crippen LogP contribution in [0.25, 0.3) is 0 Å². The van der Waals surface area contributed by atoms with Crippen molar-refractivity contribution in [2.75, 3.05) is 11.5 Å². The molecule has 1 heterocycles. The molecule has 0 unspecified atom stereocenters. The summed E-state index contributed by atoms with van der Waals surface area (Å²) in [5.41, 5.74) is 3.84. The Morgan fingerprint density at radius 1 is 1.00 bits per heavy atom. The average molecular weight is 436 g/mol. The van der Waals surface area contributed by atoms with E-state index in [1.807, 2.05) is 54.6 Å². The minimum absolute atomic E-state index is 0.154. The molecule has 0 atom stereocenters. The monoisotopic (exact) mass is 435 g/mol. The first-order chi connectivity index (χ1) is 15.1. The van der Waals surface area contributed by atoms with Crippen LogP contribution in [0.3, 0.4) is 0 Å². The molecule has 3 aromatic carbocycles. The van der Waals surface area contributed by atoms with Gasteiger partial charge in [0.1, 0.15) is 12.4 Å². The summed E-state index contributed by atoms with van der Waals surface area (Å²) in [6.45, 7) is 2.87. The minimum Gasteiger partial charge on any atom is -0.488 e. The Balaban J connectivity index is 1.53. The summed E-state index contributed by atoms with van der Waals surface area (Å²) in [6, 6.07) is 20.6. The van der Waals surface area contributed by atoms with Gasteiger partial charge in [0.15, 0.2) is 0 Å². The number of anilines is 1. The first-order valence-electron chi connectivity index (χ1n) is 10.1. The summed E-state index contributed by atoms with van der Waals surface area (Å²) in [4.78, 5) is 26.6. The number of amides is 1. The van der Waals surface area contributed by atoms with E-state index in [-0.39, 0.29) is 18.3 Å². The van der Waals surface area contributed by atoms with Gasteiger partial charge in [-0.05, 0) is 42.3 Å².